The Hall–Kier alpha value is -1.79. The number of hydrogen-bond acceptors (Lipinski definition) is 3. The molecular weight excluding hydrogens is 330 g/mol. The highest BCUT2D eigenvalue weighted by molar-refractivity contribution is 6.37. The van der Waals surface area contributed by atoms with Crippen molar-refractivity contribution in [2.45, 2.75) is 6.18 Å². The molecule has 0 aliphatic rings. The number of benzene rings is 2. The molecule has 2 aromatic rings. The number of aromatic hydroxyl groups is 1. The van der Waals surface area contributed by atoms with Crippen molar-refractivity contribution in [1.82, 2.24) is 0 Å². The summed E-state index contributed by atoms with van der Waals surface area (Å²) in [7, 11) is 0. The number of nitrogen functional groups attached to an aromatic ring is 1. The number of anilines is 1. The predicted molar refractivity (Wildman–Crippen MR) is 74.1 cm³/mol. The van der Waals surface area contributed by atoms with Gasteiger partial charge in [0, 0.05) is 5.69 Å². The molecule has 0 aromatic heterocycles. The monoisotopic (exact) mass is 337 g/mol. The second-order valence-corrected chi connectivity index (χ2v) is 4.91. The van der Waals surface area contributed by atoms with E-state index in [9.17, 15) is 18.3 Å². The van der Waals surface area contributed by atoms with E-state index < -0.39 is 17.5 Å². The summed E-state index contributed by atoms with van der Waals surface area (Å²) in [6.45, 7) is 0. The molecule has 0 aliphatic carbocycles. The highest BCUT2D eigenvalue weighted by atomic mass is 35.5. The van der Waals surface area contributed by atoms with Crippen LogP contribution in [0.2, 0.25) is 10.0 Å². The lowest BCUT2D eigenvalue weighted by Crippen LogP contribution is -2.05. The molecule has 112 valence electrons. The molecule has 0 radical (unpaired) electrons. The first-order valence-corrected chi connectivity index (χ1v) is 6.26. The van der Waals surface area contributed by atoms with Crippen LogP contribution in [0.15, 0.2) is 30.3 Å². The van der Waals surface area contributed by atoms with E-state index in [2.05, 4.69) is 0 Å². The Kier molecular flexibility index (Phi) is 4.11. The van der Waals surface area contributed by atoms with E-state index in [1.54, 1.807) is 0 Å². The lowest BCUT2D eigenvalue weighted by molar-refractivity contribution is -0.138. The molecule has 0 amide bonds. The van der Waals surface area contributed by atoms with Crippen LogP contribution in [0.5, 0.6) is 17.2 Å². The fourth-order valence-electron chi connectivity index (χ4n) is 1.60. The van der Waals surface area contributed by atoms with Gasteiger partial charge in [0.2, 0.25) is 0 Å². The van der Waals surface area contributed by atoms with Crippen molar-refractivity contribution in [1.29, 1.82) is 0 Å². The largest absolute Gasteiger partial charge is 0.507 e. The van der Waals surface area contributed by atoms with Crippen molar-refractivity contribution in [2.75, 3.05) is 5.73 Å². The Morgan fingerprint density at radius 3 is 2.14 bits per heavy atom. The average molecular weight is 338 g/mol. The van der Waals surface area contributed by atoms with Crippen LogP contribution in [-0.4, -0.2) is 5.11 Å². The zero-order chi connectivity index (χ0) is 15.8. The van der Waals surface area contributed by atoms with Crippen molar-refractivity contribution in [3.8, 4) is 17.2 Å². The molecule has 0 heterocycles. The molecule has 0 unspecified atom stereocenters. The molecule has 0 saturated heterocycles. The minimum absolute atomic E-state index is 0.0219. The molecule has 0 spiro atoms. The van der Waals surface area contributed by atoms with Gasteiger partial charge in [0.1, 0.15) is 17.1 Å². The normalized spacial score (nSPS) is 11.5. The summed E-state index contributed by atoms with van der Waals surface area (Å²) in [6.07, 6.45) is -4.71. The van der Waals surface area contributed by atoms with E-state index in [4.69, 9.17) is 33.7 Å². The van der Waals surface area contributed by atoms with Crippen LogP contribution in [0.25, 0.3) is 0 Å². The number of nitrogens with two attached hydrogens (primary N) is 1. The number of hydrogen-bond donors (Lipinski definition) is 2. The minimum Gasteiger partial charge on any atom is -0.507 e. The van der Waals surface area contributed by atoms with E-state index in [0.717, 1.165) is 12.1 Å². The van der Waals surface area contributed by atoms with Crippen LogP contribution < -0.4 is 10.5 Å². The Bertz CT molecular complexity index is 667. The molecule has 0 saturated carbocycles. The summed E-state index contributed by atoms with van der Waals surface area (Å²) in [6, 6.07) is 5.39. The van der Waals surface area contributed by atoms with Crippen LogP contribution in [-0.2, 0) is 6.18 Å². The van der Waals surface area contributed by atoms with Crippen LogP contribution in [0, 0.1) is 0 Å². The zero-order valence-corrected chi connectivity index (χ0v) is 11.7. The number of phenolic OH excluding ortho intramolecular Hbond substituents is 1. The maximum absolute atomic E-state index is 12.7. The van der Waals surface area contributed by atoms with Gasteiger partial charge in [-0.05, 0) is 30.3 Å². The van der Waals surface area contributed by atoms with E-state index in [-0.39, 0.29) is 21.5 Å². The van der Waals surface area contributed by atoms with Gasteiger partial charge in [-0.2, -0.15) is 13.2 Å². The van der Waals surface area contributed by atoms with Gasteiger partial charge in [0.05, 0.1) is 10.0 Å². The van der Waals surface area contributed by atoms with E-state index >= 15 is 0 Å². The molecule has 2 aromatic carbocycles. The van der Waals surface area contributed by atoms with Crippen molar-refractivity contribution in [3.05, 3.63) is 45.9 Å². The van der Waals surface area contributed by atoms with Gasteiger partial charge in [0.15, 0.2) is 5.75 Å². The highest BCUT2D eigenvalue weighted by Crippen LogP contribution is 2.41. The summed E-state index contributed by atoms with van der Waals surface area (Å²) >= 11 is 11.8. The van der Waals surface area contributed by atoms with E-state index in [1.165, 1.54) is 12.1 Å². The first-order chi connectivity index (χ1) is 9.68. The summed E-state index contributed by atoms with van der Waals surface area (Å²) in [4.78, 5) is 0. The molecule has 3 N–H and O–H groups in total. The summed E-state index contributed by atoms with van der Waals surface area (Å²) in [5, 5.41) is 9.35. The van der Waals surface area contributed by atoms with E-state index in [0.29, 0.717) is 11.8 Å². The third kappa shape index (κ3) is 3.46. The van der Waals surface area contributed by atoms with Gasteiger partial charge in [-0.1, -0.05) is 23.2 Å². The smallest absolute Gasteiger partial charge is 0.420 e. The molecule has 21 heavy (non-hydrogen) atoms. The Morgan fingerprint density at radius 2 is 1.62 bits per heavy atom. The lowest BCUT2D eigenvalue weighted by Gasteiger charge is -2.13. The molecule has 0 aliphatic heterocycles. The van der Waals surface area contributed by atoms with Crippen molar-refractivity contribution < 1.29 is 23.0 Å². The van der Waals surface area contributed by atoms with Crippen molar-refractivity contribution in [3.63, 3.8) is 0 Å². The number of alkyl halides is 3. The second kappa shape index (κ2) is 5.54. The third-order valence-electron chi connectivity index (χ3n) is 2.51. The molecule has 0 bridgehead atoms. The summed E-state index contributed by atoms with van der Waals surface area (Å²) < 4.78 is 43.3. The quantitative estimate of drug-likeness (QED) is 0.750. The van der Waals surface area contributed by atoms with Crippen molar-refractivity contribution in [2.24, 2.45) is 0 Å². The van der Waals surface area contributed by atoms with E-state index in [1.807, 2.05) is 0 Å². The molecule has 0 fully saturated rings. The SMILES string of the molecule is Nc1cc(Cl)c(Oc2ccc(O)c(C(F)(F)F)c2)c(Cl)c1. The standard InChI is InChI=1S/C13H8Cl2F3NO2/c14-9-3-6(19)4-10(15)12(9)21-7-1-2-11(20)8(5-7)13(16,17)18/h1-5,20H,19H2. The number of rotatable bonds is 2. The lowest BCUT2D eigenvalue weighted by atomic mass is 10.2. The maximum Gasteiger partial charge on any atom is 0.420 e. The number of halogens is 5. The second-order valence-electron chi connectivity index (χ2n) is 4.09. The van der Waals surface area contributed by atoms with Crippen molar-refractivity contribution >= 4 is 28.9 Å². The van der Waals surface area contributed by atoms with Crippen LogP contribution in [0.1, 0.15) is 5.56 Å². The molecule has 0 atom stereocenters. The summed E-state index contributed by atoms with van der Waals surface area (Å²) in [5.41, 5.74) is 4.59. The predicted octanol–water partition coefficient (Wildman–Crippen LogP) is 5.09. The first-order valence-electron chi connectivity index (χ1n) is 5.51. The fraction of sp³-hybridized carbons (Fsp3) is 0.0769. The molecule has 2 rings (SSSR count). The molecule has 3 nitrogen and oxygen atoms in total. The average Bonchev–Trinajstić information content (AvgIpc) is 2.34. The number of phenols is 1. The van der Waals surface area contributed by atoms with Gasteiger partial charge >= 0.3 is 6.18 Å². The minimum atomic E-state index is -4.71. The number of ether oxygens (including phenoxy) is 1. The summed E-state index contributed by atoms with van der Waals surface area (Å²) in [5.74, 6) is -1.09. The first kappa shape index (κ1) is 15.6. The highest BCUT2D eigenvalue weighted by Gasteiger charge is 2.34. The van der Waals surface area contributed by atoms with Gasteiger partial charge in [0.25, 0.3) is 0 Å². The molecule has 8 heteroatoms. The topological polar surface area (TPSA) is 55.5 Å². The van der Waals surface area contributed by atoms with Gasteiger partial charge in [-0.3, -0.25) is 0 Å². The van der Waals surface area contributed by atoms with Gasteiger partial charge < -0.3 is 15.6 Å². The maximum atomic E-state index is 12.7. The fourth-order valence-corrected chi connectivity index (χ4v) is 2.18. The van der Waals surface area contributed by atoms with Crippen LogP contribution in [0.4, 0.5) is 18.9 Å². The van der Waals surface area contributed by atoms with Crippen LogP contribution in [0.3, 0.4) is 0 Å². The Labute approximate surface area is 127 Å². The van der Waals surface area contributed by atoms with Crippen LogP contribution >= 0.6 is 23.2 Å². The zero-order valence-electron chi connectivity index (χ0n) is 10.2. The van der Waals surface area contributed by atoms with Gasteiger partial charge in [-0.25, -0.2) is 0 Å². The Morgan fingerprint density at radius 1 is 1.05 bits per heavy atom. The Balaban J connectivity index is 2.42. The third-order valence-corrected chi connectivity index (χ3v) is 3.08. The van der Waals surface area contributed by atoms with Gasteiger partial charge in [-0.15, -0.1) is 0 Å². The molecular formula is C13H8Cl2F3NO2.